The molecule has 0 aromatic heterocycles. The third-order valence-electron chi connectivity index (χ3n) is 6.02. The molecule has 1 aromatic carbocycles. The molecule has 154 valence electrons. The van der Waals surface area contributed by atoms with Gasteiger partial charge in [-0.15, -0.1) is 0 Å². The van der Waals surface area contributed by atoms with Crippen molar-refractivity contribution in [1.29, 1.82) is 0 Å². The fourth-order valence-electron chi connectivity index (χ4n) is 4.29. The van der Waals surface area contributed by atoms with Crippen molar-refractivity contribution >= 4 is 17.3 Å². The van der Waals surface area contributed by atoms with E-state index in [9.17, 15) is 14.9 Å². The number of piperidine rings is 2. The highest BCUT2D eigenvalue weighted by Crippen LogP contribution is 2.33. The summed E-state index contributed by atoms with van der Waals surface area (Å²) in [6, 6.07) is 5.23. The van der Waals surface area contributed by atoms with Gasteiger partial charge in [0.15, 0.2) is 0 Å². The van der Waals surface area contributed by atoms with Gasteiger partial charge in [0.25, 0.3) is 11.6 Å². The van der Waals surface area contributed by atoms with Gasteiger partial charge in [-0.2, -0.15) is 0 Å². The predicted octanol–water partition coefficient (Wildman–Crippen LogP) is 3.44. The molecule has 1 N–H and O–H groups in total. The maximum atomic E-state index is 13.2. The van der Waals surface area contributed by atoms with E-state index in [0.29, 0.717) is 23.7 Å². The summed E-state index contributed by atoms with van der Waals surface area (Å²) in [7, 11) is 0. The lowest BCUT2D eigenvalue weighted by atomic mass is 9.98. The van der Waals surface area contributed by atoms with Gasteiger partial charge in [0.1, 0.15) is 5.69 Å². The number of nitro groups is 1. The summed E-state index contributed by atoms with van der Waals surface area (Å²) in [4.78, 5) is 28.6. The highest BCUT2D eigenvalue weighted by Gasteiger charge is 2.29. The first-order valence-electron chi connectivity index (χ1n) is 10.6. The number of amides is 1. The molecule has 1 aromatic rings. The topological polar surface area (TPSA) is 78.7 Å². The summed E-state index contributed by atoms with van der Waals surface area (Å²) >= 11 is 0. The van der Waals surface area contributed by atoms with Crippen LogP contribution in [-0.2, 0) is 0 Å². The number of carbonyl (C=O) groups is 1. The van der Waals surface area contributed by atoms with Crippen molar-refractivity contribution in [3.05, 3.63) is 33.9 Å². The number of benzene rings is 1. The molecule has 2 fully saturated rings. The molecule has 0 unspecified atom stereocenters. The SMILES string of the molecule is CCCN(C(=O)c1ccc(N2CCC(C)CC2)c([N+](=O)[O-])c1)C1CCNCC1. The summed E-state index contributed by atoms with van der Waals surface area (Å²) in [6.07, 6.45) is 4.81. The zero-order chi connectivity index (χ0) is 20.1. The zero-order valence-corrected chi connectivity index (χ0v) is 17.0. The first-order chi connectivity index (χ1) is 13.5. The van der Waals surface area contributed by atoms with Crippen LogP contribution < -0.4 is 10.2 Å². The summed E-state index contributed by atoms with van der Waals surface area (Å²) in [5.41, 5.74) is 1.10. The van der Waals surface area contributed by atoms with Crippen molar-refractivity contribution in [1.82, 2.24) is 10.2 Å². The Morgan fingerprint density at radius 3 is 2.54 bits per heavy atom. The fraction of sp³-hybridized carbons (Fsp3) is 0.667. The first-order valence-corrected chi connectivity index (χ1v) is 10.6. The standard InChI is InChI=1S/C21H32N4O3/c1-3-12-24(18-6-10-22-11-7-18)21(26)17-4-5-19(20(15-17)25(27)28)23-13-8-16(2)9-14-23/h4-5,15-16,18,22H,3,6-14H2,1-2H3. The number of anilines is 1. The molecule has 2 heterocycles. The van der Waals surface area contributed by atoms with Crippen molar-refractivity contribution in [2.45, 2.75) is 52.0 Å². The van der Waals surface area contributed by atoms with Crippen LogP contribution in [0.2, 0.25) is 0 Å². The lowest BCUT2D eigenvalue weighted by Crippen LogP contribution is -2.46. The van der Waals surface area contributed by atoms with Gasteiger partial charge in [-0.25, -0.2) is 0 Å². The van der Waals surface area contributed by atoms with E-state index >= 15 is 0 Å². The van der Waals surface area contributed by atoms with Crippen LogP contribution in [0.4, 0.5) is 11.4 Å². The minimum Gasteiger partial charge on any atom is -0.366 e. The Bertz CT molecular complexity index is 695. The number of rotatable bonds is 6. The van der Waals surface area contributed by atoms with Gasteiger partial charge < -0.3 is 15.1 Å². The average molecular weight is 389 g/mol. The Morgan fingerprint density at radius 1 is 1.25 bits per heavy atom. The molecule has 1 amide bonds. The van der Waals surface area contributed by atoms with Crippen molar-refractivity contribution in [2.24, 2.45) is 5.92 Å². The second-order valence-electron chi connectivity index (χ2n) is 8.11. The van der Waals surface area contributed by atoms with E-state index in [-0.39, 0.29) is 22.6 Å². The first kappa shape index (κ1) is 20.6. The third kappa shape index (κ3) is 4.63. The van der Waals surface area contributed by atoms with Crippen LogP contribution in [0.1, 0.15) is 56.3 Å². The zero-order valence-electron chi connectivity index (χ0n) is 17.0. The summed E-state index contributed by atoms with van der Waals surface area (Å²) in [5, 5.41) is 15.1. The largest absolute Gasteiger partial charge is 0.366 e. The monoisotopic (exact) mass is 388 g/mol. The molecule has 0 bridgehead atoms. The van der Waals surface area contributed by atoms with Crippen LogP contribution in [0.15, 0.2) is 18.2 Å². The molecule has 7 heteroatoms. The minimum absolute atomic E-state index is 0.0437. The normalized spacial score (nSPS) is 18.9. The maximum absolute atomic E-state index is 13.2. The molecule has 2 saturated heterocycles. The molecule has 0 saturated carbocycles. The van der Waals surface area contributed by atoms with Crippen LogP contribution >= 0.6 is 0 Å². The summed E-state index contributed by atoms with van der Waals surface area (Å²) in [5.74, 6) is 0.569. The van der Waals surface area contributed by atoms with E-state index in [1.165, 1.54) is 6.07 Å². The molecule has 2 aliphatic rings. The van der Waals surface area contributed by atoms with Gasteiger partial charge in [-0.3, -0.25) is 14.9 Å². The smallest absolute Gasteiger partial charge is 0.293 e. The number of hydrogen-bond acceptors (Lipinski definition) is 5. The van der Waals surface area contributed by atoms with Gasteiger partial charge >= 0.3 is 0 Å². The second kappa shape index (κ2) is 9.37. The maximum Gasteiger partial charge on any atom is 0.293 e. The molecule has 0 spiro atoms. The van der Waals surface area contributed by atoms with E-state index in [1.807, 2.05) is 4.90 Å². The lowest BCUT2D eigenvalue weighted by molar-refractivity contribution is -0.384. The average Bonchev–Trinajstić information content (AvgIpc) is 2.72. The van der Waals surface area contributed by atoms with Crippen LogP contribution in [0.5, 0.6) is 0 Å². The molecule has 28 heavy (non-hydrogen) atoms. The number of hydrogen-bond donors (Lipinski definition) is 1. The van der Waals surface area contributed by atoms with Gasteiger partial charge in [0.05, 0.1) is 4.92 Å². The fourth-order valence-corrected chi connectivity index (χ4v) is 4.29. The van der Waals surface area contributed by atoms with Gasteiger partial charge in [0.2, 0.25) is 0 Å². The van der Waals surface area contributed by atoms with Crippen molar-refractivity contribution in [2.75, 3.05) is 37.6 Å². The van der Waals surface area contributed by atoms with Gasteiger partial charge in [-0.1, -0.05) is 13.8 Å². The molecule has 2 aliphatic heterocycles. The van der Waals surface area contributed by atoms with Crippen LogP contribution in [-0.4, -0.2) is 54.5 Å². The molecule has 0 atom stereocenters. The summed E-state index contributed by atoms with van der Waals surface area (Å²) in [6.45, 7) is 8.43. The lowest BCUT2D eigenvalue weighted by Gasteiger charge is -2.35. The van der Waals surface area contributed by atoms with E-state index < -0.39 is 0 Å². The van der Waals surface area contributed by atoms with E-state index in [4.69, 9.17) is 0 Å². The van der Waals surface area contributed by atoms with Crippen LogP contribution in [0, 0.1) is 16.0 Å². The van der Waals surface area contributed by atoms with Crippen LogP contribution in [0.25, 0.3) is 0 Å². The molecule has 3 rings (SSSR count). The Hall–Kier alpha value is -2.15. The third-order valence-corrected chi connectivity index (χ3v) is 6.02. The molecule has 7 nitrogen and oxygen atoms in total. The van der Waals surface area contributed by atoms with Crippen molar-refractivity contribution in [3.63, 3.8) is 0 Å². The Balaban J connectivity index is 1.85. The van der Waals surface area contributed by atoms with E-state index in [1.54, 1.807) is 12.1 Å². The minimum atomic E-state index is -0.348. The molecule has 0 radical (unpaired) electrons. The summed E-state index contributed by atoms with van der Waals surface area (Å²) < 4.78 is 0. The number of nitrogens with zero attached hydrogens (tertiary/aromatic N) is 3. The Kier molecular flexibility index (Phi) is 6.88. The highest BCUT2D eigenvalue weighted by molar-refractivity contribution is 5.96. The molecular formula is C21H32N4O3. The Morgan fingerprint density at radius 2 is 1.93 bits per heavy atom. The van der Waals surface area contributed by atoms with Gasteiger partial charge in [0, 0.05) is 37.3 Å². The number of nitrogens with one attached hydrogen (secondary N) is 1. The Labute approximate surface area is 167 Å². The second-order valence-corrected chi connectivity index (χ2v) is 8.11. The van der Waals surface area contributed by atoms with Crippen LogP contribution in [0.3, 0.4) is 0 Å². The highest BCUT2D eigenvalue weighted by atomic mass is 16.6. The quantitative estimate of drug-likeness (QED) is 0.597. The van der Waals surface area contributed by atoms with Crippen molar-refractivity contribution in [3.8, 4) is 0 Å². The molecule has 0 aliphatic carbocycles. The predicted molar refractivity (Wildman–Crippen MR) is 111 cm³/mol. The van der Waals surface area contributed by atoms with Crippen molar-refractivity contribution < 1.29 is 9.72 Å². The number of carbonyl (C=O) groups excluding carboxylic acids is 1. The van der Waals surface area contributed by atoms with E-state index in [2.05, 4.69) is 24.1 Å². The van der Waals surface area contributed by atoms with E-state index in [0.717, 1.165) is 58.3 Å². The number of nitro benzene ring substituents is 1. The molecular weight excluding hydrogens is 356 g/mol. The van der Waals surface area contributed by atoms with Gasteiger partial charge in [-0.05, 0) is 63.2 Å².